The van der Waals surface area contributed by atoms with Gasteiger partial charge in [-0.05, 0) is 37.1 Å². The lowest BCUT2D eigenvalue weighted by molar-refractivity contribution is 0.620. The maximum atomic E-state index is 13.7. The van der Waals surface area contributed by atoms with E-state index in [2.05, 4.69) is 16.0 Å². The van der Waals surface area contributed by atoms with E-state index in [-0.39, 0.29) is 5.82 Å². The fourth-order valence-corrected chi connectivity index (χ4v) is 2.11. The SMILES string of the molecule is Cc1cnc(-n2cc(C#N)c3cc(F)c(C)cc32)nc1. The number of fused-ring (bicyclic) bond motifs is 1. The van der Waals surface area contributed by atoms with Gasteiger partial charge < -0.3 is 0 Å². The van der Waals surface area contributed by atoms with Crippen LogP contribution in [0.25, 0.3) is 16.9 Å². The molecule has 3 aromatic rings. The lowest BCUT2D eigenvalue weighted by Gasteiger charge is -2.04. The fraction of sp³-hybridized carbons (Fsp3) is 0.133. The molecule has 0 fully saturated rings. The van der Waals surface area contributed by atoms with Gasteiger partial charge in [0.2, 0.25) is 5.95 Å². The maximum Gasteiger partial charge on any atom is 0.234 e. The molecule has 3 rings (SSSR count). The highest BCUT2D eigenvalue weighted by molar-refractivity contribution is 5.88. The van der Waals surface area contributed by atoms with Gasteiger partial charge in [0, 0.05) is 24.0 Å². The smallest absolute Gasteiger partial charge is 0.234 e. The predicted octanol–water partition coefficient (Wildman–Crippen LogP) is 3.05. The van der Waals surface area contributed by atoms with E-state index in [0.717, 1.165) is 11.1 Å². The molecule has 0 bridgehead atoms. The molecular weight excluding hydrogens is 255 g/mol. The van der Waals surface area contributed by atoms with E-state index >= 15 is 0 Å². The topological polar surface area (TPSA) is 54.5 Å². The normalized spacial score (nSPS) is 10.7. The van der Waals surface area contributed by atoms with E-state index in [4.69, 9.17) is 0 Å². The van der Waals surface area contributed by atoms with Crippen LogP contribution in [-0.2, 0) is 0 Å². The third-order valence-electron chi connectivity index (χ3n) is 3.19. The molecule has 0 spiro atoms. The minimum absolute atomic E-state index is 0.323. The maximum absolute atomic E-state index is 13.7. The third-order valence-corrected chi connectivity index (χ3v) is 3.19. The molecule has 0 radical (unpaired) electrons. The molecule has 0 aliphatic heterocycles. The number of nitriles is 1. The second-order valence-electron chi connectivity index (χ2n) is 4.70. The summed E-state index contributed by atoms with van der Waals surface area (Å²) in [7, 11) is 0. The van der Waals surface area contributed by atoms with Crippen LogP contribution in [0.5, 0.6) is 0 Å². The molecule has 0 aliphatic rings. The number of hydrogen-bond donors (Lipinski definition) is 0. The summed E-state index contributed by atoms with van der Waals surface area (Å²) in [6.07, 6.45) is 5.04. The van der Waals surface area contributed by atoms with Gasteiger partial charge in [-0.2, -0.15) is 5.26 Å². The summed E-state index contributed by atoms with van der Waals surface area (Å²) in [6.45, 7) is 3.59. The first kappa shape index (κ1) is 12.3. The molecule has 0 unspecified atom stereocenters. The van der Waals surface area contributed by atoms with Crippen LogP contribution in [0.1, 0.15) is 16.7 Å². The summed E-state index contributed by atoms with van der Waals surface area (Å²) in [4.78, 5) is 8.49. The number of nitrogens with zero attached hydrogens (tertiary/aromatic N) is 4. The summed E-state index contributed by atoms with van der Waals surface area (Å²) in [5, 5.41) is 9.74. The zero-order chi connectivity index (χ0) is 14.3. The van der Waals surface area contributed by atoms with E-state index in [1.165, 1.54) is 6.07 Å². The molecule has 98 valence electrons. The molecule has 4 nitrogen and oxygen atoms in total. The average molecular weight is 266 g/mol. The van der Waals surface area contributed by atoms with Crippen LogP contribution in [0.3, 0.4) is 0 Å². The van der Waals surface area contributed by atoms with Crippen molar-refractivity contribution in [2.75, 3.05) is 0 Å². The fourth-order valence-electron chi connectivity index (χ4n) is 2.11. The van der Waals surface area contributed by atoms with Gasteiger partial charge in [0.15, 0.2) is 0 Å². The third kappa shape index (κ3) is 1.82. The Labute approximate surface area is 115 Å². The Hall–Kier alpha value is -2.74. The van der Waals surface area contributed by atoms with Crippen molar-refractivity contribution in [1.82, 2.24) is 14.5 Å². The Morgan fingerprint density at radius 1 is 1.20 bits per heavy atom. The van der Waals surface area contributed by atoms with Gasteiger partial charge in [0.05, 0.1) is 11.1 Å². The quantitative estimate of drug-likeness (QED) is 0.680. The number of benzene rings is 1. The van der Waals surface area contributed by atoms with Crippen molar-refractivity contribution >= 4 is 10.9 Å². The second-order valence-corrected chi connectivity index (χ2v) is 4.70. The molecule has 0 amide bonds. The van der Waals surface area contributed by atoms with Crippen LogP contribution < -0.4 is 0 Å². The monoisotopic (exact) mass is 266 g/mol. The largest absolute Gasteiger partial charge is 0.284 e. The Kier molecular flexibility index (Phi) is 2.72. The van der Waals surface area contributed by atoms with Crippen LogP contribution in [-0.4, -0.2) is 14.5 Å². The summed E-state index contributed by atoms with van der Waals surface area (Å²) < 4.78 is 15.4. The van der Waals surface area contributed by atoms with Crippen LogP contribution in [0.4, 0.5) is 4.39 Å². The Morgan fingerprint density at radius 3 is 2.55 bits per heavy atom. The molecular formula is C15H11FN4. The molecule has 0 saturated carbocycles. The van der Waals surface area contributed by atoms with Crippen LogP contribution in [0.15, 0.2) is 30.7 Å². The van der Waals surface area contributed by atoms with E-state index < -0.39 is 0 Å². The second kappa shape index (κ2) is 4.42. The molecule has 0 aliphatic carbocycles. The summed E-state index contributed by atoms with van der Waals surface area (Å²) >= 11 is 0. The average Bonchev–Trinajstić information content (AvgIpc) is 2.78. The lowest BCUT2D eigenvalue weighted by Crippen LogP contribution is -1.99. The minimum atomic E-state index is -0.323. The molecule has 0 saturated heterocycles. The number of hydrogen-bond acceptors (Lipinski definition) is 3. The standard InChI is InChI=1S/C15H11FN4/c1-9-6-18-15(19-7-9)20-8-11(5-17)12-4-13(16)10(2)3-14(12)20/h3-4,6-8H,1-2H3. The summed E-state index contributed by atoms with van der Waals surface area (Å²) in [6, 6.07) is 5.16. The van der Waals surface area contributed by atoms with Crippen molar-refractivity contribution < 1.29 is 4.39 Å². The van der Waals surface area contributed by atoms with Crippen molar-refractivity contribution in [3.05, 3.63) is 53.2 Å². The molecule has 1 aromatic carbocycles. The zero-order valence-electron chi connectivity index (χ0n) is 11.1. The number of rotatable bonds is 1. The van der Waals surface area contributed by atoms with E-state index in [9.17, 15) is 9.65 Å². The van der Waals surface area contributed by atoms with Gasteiger partial charge >= 0.3 is 0 Å². The number of aryl methyl sites for hydroxylation is 2. The Balaban J connectivity index is 2.34. The highest BCUT2D eigenvalue weighted by atomic mass is 19.1. The number of aromatic nitrogens is 3. The molecule has 2 heterocycles. The number of halogens is 1. The lowest BCUT2D eigenvalue weighted by atomic mass is 10.1. The molecule has 5 heteroatoms. The summed E-state index contributed by atoms with van der Waals surface area (Å²) in [5.74, 6) is 0.143. The van der Waals surface area contributed by atoms with Gasteiger partial charge in [-0.15, -0.1) is 0 Å². The summed E-state index contributed by atoms with van der Waals surface area (Å²) in [5.41, 5.74) is 2.61. The molecule has 0 atom stereocenters. The van der Waals surface area contributed by atoms with Gasteiger partial charge in [0.1, 0.15) is 11.9 Å². The van der Waals surface area contributed by atoms with Crippen molar-refractivity contribution in [2.45, 2.75) is 13.8 Å². The minimum Gasteiger partial charge on any atom is -0.284 e. The van der Waals surface area contributed by atoms with E-state index in [1.54, 1.807) is 36.1 Å². The van der Waals surface area contributed by atoms with Crippen LogP contribution >= 0.6 is 0 Å². The van der Waals surface area contributed by atoms with Gasteiger partial charge in [-0.25, -0.2) is 14.4 Å². The van der Waals surface area contributed by atoms with Gasteiger partial charge in [-0.3, -0.25) is 4.57 Å². The van der Waals surface area contributed by atoms with Crippen molar-refractivity contribution in [2.24, 2.45) is 0 Å². The van der Waals surface area contributed by atoms with Crippen molar-refractivity contribution in [1.29, 1.82) is 5.26 Å². The highest BCUT2D eigenvalue weighted by Gasteiger charge is 2.13. The Bertz CT molecular complexity index is 841. The predicted molar refractivity (Wildman–Crippen MR) is 73.0 cm³/mol. The highest BCUT2D eigenvalue weighted by Crippen LogP contribution is 2.25. The Morgan fingerprint density at radius 2 is 1.90 bits per heavy atom. The van der Waals surface area contributed by atoms with E-state index in [0.29, 0.717) is 22.5 Å². The molecule has 2 aromatic heterocycles. The molecule has 0 N–H and O–H groups in total. The van der Waals surface area contributed by atoms with E-state index in [1.807, 2.05) is 6.92 Å². The first-order valence-corrected chi connectivity index (χ1v) is 6.10. The van der Waals surface area contributed by atoms with Gasteiger partial charge in [-0.1, -0.05) is 0 Å². The first-order chi connectivity index (χ1) is 9.60. The first-order valence-electron chi connectivity index (χ1n) is 6.10. The van der Waals surface area contributed by atoms with Gasteiger partial charge in [0.25, 0.3) is 0 Å². The van der Waals surface area contributed by atoms with Crippen molar-refractivity contribution in [3.63, 3.8) is 0 Å². The zero-order valence-corrected chi connectivity index (χ0v) is 11.1. The van der Waals surface area contributed by atoms with Crippen LogP contribution in [0, 0.1) is 31.0 Å². The van der Waals surface area contributed by atoms with Crippen molar-refractivity contribution in [3.8, 4) is 12.0 Å². The molecule has 20 heavy (non-hydrogen) atoms. The van der Waals surface area contributed by atoms with Crippen LogP contribution in [0.2, 0.25) is 0 Å².